The molecule has 43 heavy (non-hydrogen) atoms. The molecule has 0 aliphatic carbocycles. The number of benzene rings is 7. The third kappa shape index (κ3) is 3.88. The Bertz CT molecular complexity index is 2300. The van der Waals surface area contributed by atoms with Crippen LogP contribution in [0.1, 0.15) is 29.2 Å². The zero-order valence-corrected chi connectivity index (χ0v) is 24.9. The molecular weight excluding hydrogens is 516 g/mol. The zero-order valence-electron chi connectivity index (χ0n) is 24.9. The lowest BCUT2D eigenvalue weighted by atomic mass is 9.83. The van der Waals surface area contributed by atoms with E-state index >= 15 is 0 Å². The van der Waals surface area contributed by atoms with Crippen molar-refractivity contribution in [2.75, 3.05) is 0 Å². The van der Waals surface area contributed by atoms with E-state index in [9.17, 15) is 0 Å². The summed E-state index contributed by atoms with van der Waals surface area (Å²) in [6.07, 6.45) is 0.890. The number of aryl methyl sites for hydroxylation is 4. The molecule has 0 unspecified atom stereocenters. The van der Waals surface area contributed by atoms with Gasteiger partial charge in [0.05, 0.1) is 0 Å². The number of hydrogen-bond donors (Lipinski definition) is 0. The summed E-state index contributed by atoms with van der Waals surface area (Å²) in [6, 6.07) is 49.9. The van der Waals surface area contributed by atoms with Gasteiger partial charge in [0.25, 0.3) is 0 Å². The van der Waals surface area contributed by atoms with Gasteiger partial charge in [0.2, 0.25) is 0 Å². The average Bonchev–Trinajstić information content (AvgIpc) is 3.00. The molecule has 4 bridgehead atoms. The van der Waals surface area contributed by atoms with Crippen LogP contribution in [0.4, 0.5) is 0 Å². The Labute approximate surface area is 252 Å². The monoisotopic (exact) mass is 546 g/mol. The third-order valence-corrected chi connectivity index (χ3v) is 9.09. The minimum atomic E-state index is 0.890. The van der Waals surface area contributed by atoms with Gasteiger partial charge in [-0.25, -0.2) is 0 Å². The molecule has 8 aromatic carbocycles. The Hall–Kier alpha value is -5.30. The molecule has 0 fully saturated rings. The molecule has 0 radical (unpaired) electrons. The van der Waals surface area contributed by atoms with Gasteiger partial charge in [-0.1, -0.05) is 97.4 Å². The van der Waals surface area contributed by atoms with Gasteiger partial charge in [-0.3, -0.25) is 0 Å². The predicted octanol–water partition coefficient (Wildman–Crippen LogP) is 11.5. The van der Waals surface area contributed by atoms with E-state index < -0.39 is 0 Å². The first-order valence-corrected chi connectivity index (χ1v) is 15.1. The van der Waals surface area contributed by atoms with Crippen LogP contribution in [-0.2, 0) is 6.42 Å². The van der Waals surface area contributed by atoms with Gasteiger partial charge in [-0.05, 0) is 124 Å². The number of hydrogen-bond acceptors (Lipinski definition) is 0. The summed E-state index contributed by atoms with van der Waals surface area (Å²) >= 11 is 0. The Morgan fingerprint density at radius 1 is 0.465 bits per heavy atom. The van der Waals surface area contributed by atoms with Crippen LogP contribution in [0.5, 0.6) is 0 Å². The summed E-state index contributed by atoms with van der Waals surface area (Å²) in [4.78, 5) is 0. The highest BCUT2D eigenvalue weighted by atomic mass is 14.2. The minimum absolute atomic E-state index is 0.890. The van der Waals surface area contributed by atoms with Crippen LogP contribution in [0.3, 0.4) is 0 Å². The lowest BCUT2D eigenvalue weighted by Crippen LogP contribution is -1.97. The van der Waals surface area contributed by atoms with Gasteiger partial charge in [0, 0.05) is 32.3 Å². The molecule has 0 saturated carbocycles. The first-order chi connectivity index (χ1) is 21.0. The minimum Gasteiger partial charge on any atom is -0.0612 e. The maximum atomic E-state index is 3.67. The van der Waals surface area contributed by atoms with Crippen molar-refractivity contribution in [3.05, 3.63) is 144 Å². The van der Waals surface area contributed by atoms with E-state index in [1.165, 1.54) is 76.5 Å². The summed E-state index contributed by atoms with van der Waals surface area (Å²) in [6.45, 7) is 8.94. The van der Waals surface area contributed by atoms with E-state index in [-0.39, 0.29) is 0 Å². The first kappa shape index (κ1) is 25.4. The Kier molecular flexibility index (Phi) is 5.69. The highest BCUT2D eigenvalue weighted by Crippen LogP contribution is 2.44. The topological polar surface area (TPSA) is 0 Å². The second kappa shape index (κ2) is 9.63. The van der Waals surface area contributed by atoms with Crippen LogP contribution in [-0.4, -0.2) is 0 Å². The highest BCUT2D eigenvalue weighted by Gasteiger charge is 2.19. The van der Waals surface area contributed by atoms with Gasteiger partial charge in [0.15, 0.2) is 0 Å². The lowest BCUT2D eigenvalue weighted by molar-refractivity contribution is 1.18. The van der Waals surface area contributed by atoms with Crippen LogP contribution in [0.15, 0.2) is 97.1 Å². The van der Waals surface area contributed by atoms with E-state index in [1.54, 1.807) is 0 Å². The summed E-state index contributed by atoms with van der Waals surface area (Å²) in [5.41, 5.74) is 7.79. The second-order valence-electron chi connectivity index (χ2n) is 11.8. The smallest absolute Gasteiger partial charge is 0.0330 e. The molecule has 0 aliphatic rings. The quantitative estimate of drug-likeness (QED) is 0.189. The van der Waals surface area contributed by atoms with Crippen LogP contribution >= 0.6 is 0 Å². The van der Waals surface area contributed by atoms with E-state index in [2.05, 4.69) is 149 Å². The van der Waals surface area contributed by atoms with E-state index in [0.717, 1.165) is 28.0 Å². The van der Waals surface area contributed by atoms with Crippen molar-refractivity contribution in [1.82, 2.24) is 0 Å². The molecule has 0 nitrogen and oxygen atoms in total. The van der Waals surface area contributed by atoms with Crippen molar-refractivity contribution >= 4 is 64.6 Å². The summed E-state index contributed by atoms with van der Waals surface area (Å²) in [7, 11) is 0. The molecule has 0 heterocycles. The first-order valence-electron chi connectivity index (χ1n) is 15.1. The van der Waals surface area contributed by atoms with Gasteiger partial charge >= 0.3 is 0 Å². The van der Waals surface area contributed by atoms with E-state index in [1.807, 2.05) is 0 Å². The van der Waals surface area contributed by atoms with Crippen LogP contribution < -0.4 is 0 Å². The Balaban J connectivity index is 1.69. The molecule has 202 valence electrons. The summed E-state index contributed by atoms with van der Waals surface area (Å²) in [5.74, 6) is 0. The van der Waals surface area contributed by atoms with Gasteiger partial charge in [-0.15, -0.1) is 0 Å². The van der Waals surface area contributed by atoms with Crippen LogP contribution in [0, 0.1) is 45.0 Å². The molecule has 0 aliphatic heterocycles. The van der Waals surface area contributed by atoms with Gasteiger partial charge in [0.1, 0.15) is 0 Å². The molecule has 0 saturated heterocycles. The Morgan fingerprint density at radius 2 is 0.930 bits per heavy atom. The average molecular weight is 547 g/mol. The lowest BCUT2D eigenvalue weighted by Gasteiger charge is -2.20. The molecule has 0 amide bonds. The Morgan fingerprint density at radius 3 is 1.44 bits per heavy atom. The van der Waals surface area contributed by atoms with Crippen LogP contribution in [0.25, 0.3) is 75.8 Å². The number of rotatable bonds is 2. The SMILES string of the molecule is CCc1c2c3c#cc4cccc5cc6cccc(c#cc7cccc(c(-c8c(C)cc(C)cc8C)c2ccc3)c17)c6cc45. The fourth-order valence-corrected chi connectivity index (χ4v) is 7.39. The van der Waals surface area contributed by atoms with Gasteiger partial charge in [-0.2, -0.15) is 0 Å². The van der Waals surface area contributed by atoms with Gasteiger partial charge < -0.3 is 0 Å². The molecule has 0 N–H and O–H groups in total. The fraction of sp³-hybridized carbons (Fsp3) is 0.116. The zero-order chi connectivity index (χ0) is 29.2. The molecule has 0 spiro atoms. The van der Waals surface area contributed by atoms with E-state index in [0.29, 0.717) is 0 Å². The maximum absolute atomic E-state index is 3.67. The molecule has 8 rings (SSSR count). The van der Waals surface area contributed by atoms with Crippen molar-refractivity contribution < 1.29 is 0 Å². The largest absolute Gasteiger partial charge is 0.0612 e. The van der Waals surface area contributed by atoms with E-state index in [4.69, 9.17) is 0 Å². The summed E-state index contributed by atoms with van der Waals surface area (Å²) < 4.78 is 0. The third-order valence-electron chi connectivity index (χ3n) is 9.09. The molecule has 0 heteroatoms. The van der Waals surface area contributed by atoms with Crippen molar-refractivity contribution in [2.24, 2.45) is 0 Å². The predicted molar refractivity (Wildman–Crippen MR) is 185 cm³/mol. The summed E-state index contributed by atoms with van der Waals surface area (Å²) in [5, 5.41) is 14.0. The second-order valence-corrected chi connectivity index (χ2v) is 11.8. The normalized spacial score (nSPS) is 11.4. The van der Waals surface area contributed by atoms with Crippen molar-refractivity contribution in [2.45, 2.75) is 34.1 Å². The molecule has 0 aromatic heterocycles. The molecular formula is C43H30. The van der Waals surface area contributed by atoms with Crippen molar-refractivity contribution in [3.8, 4) is 11.1 Å². The standard InChI is InChI=1S/C43H30/c1-5-35-41-31-12-8-16-36(41)43(40-27(3)22-26(2)23-28(40)4)37-17-9-13-32(42(35)37)21-19-30-11-7-15-34-24-33-14-6-10-29(18-20-31)38(33)25-39(30)34/h6-17,22-25H,5H2,1-4H3. The van der Waals surface area contributed by atoms with Crippen molar-refractivity contribution in [1.29, 1.82) is 0 Å². The maximum Gasteiger partial charge on any atom is 0.0330 e. The van der Waals surface area contributed by atoms with Crippen LogP contribution in [0.2, 0.25) is 0 Å². The highest BCUT2D eigenvalue weighted by molar-refractivity contribution is 6.23. The van der Waals surface area contributed by atoms with Crippen molar-refractivity contribution in [3.63, 3.8) is 0 Å². The molecule has 8 aromatic rings. The fourth-order valence-electron chi connectivity index (χ4n) is 7.39. The molecule has 0 atom stereocenters.